The van der Waals surface area contributed by atoms with Crippen LogP contribution in [-0.2, 0) is 9.59 Å². The van der Waals surface area contributed by atoms with Crippen molar-refractivity contribution in [3.63, 3.8) is 0 Å². The highest BCUT2D eigenvalue weighted by molar-refractivity contribution is 6.08. The summed E-state index contributed by atoms with van der Waals surface area (Å²) in [5.41, 5.74) is -0.555. The number of hydrogen-bond acceptors (Lipinski definition) is 4. The van der Waals surface area contributed by atoms with E-state index in [0.29, 0.717) is 18.4 Å². The van der Waals surface area contributed by atoms with E-state index in [-0.39, 0.29) is 17.7 Å². The van der Waals surface area contributed by atoms with Crippen LogP contribution in [0.15, 0.2) is 4.99 Å². The van der Waals surface area contributed by atoms with Crippen LogP contribution in [0.1, 0.15) is 40.0 Å². The van der Waals surface area contributed by atoms with Crippen LogP contribution in [0.4, 0.5) is 0 Å². The molecule has 0 bridgehead atoms. The van der Waals surface area contributed by atoms with Gasteiger partial charge in [0.25, 0.3) is 5.91 Å². The Labute approximate surface area is 151 Å². The molecular weight excluding hydrogens is 316 g/mol. The fourth-order valence-corrected chi connectivity index (χ4v) is 4.76. The maximum absolute atomic E-state index is 13.3. The molecule has 0 aromatic rings. The fourth-order valence-electron chi connectivity index (χ4n) is 4.76. The molecule has 1 saturated carbocycles. The monoisotopic (exact) mass is 348 g/mol. The second kappa shape index (κ2) is 6.71. The van der Waals surface area contributed by atoms with Gasteiger partial charge < -0.3 is 4.90 Å². The lowest BCUT2D eigenvalue weighted by Gasteiger charge is -2.29. The number of likely N-dealkylation sites (tertiary alicyclic amines) is 1. The lowest BCUT2D eigenvalue weighted by molar-refractivity contribution is -0.132. The minimum atomic E-state index is -0.555. The summed E-state index contributed by atoms with van der Waals surface area (Å²) < 4.78 is 0. The van der Waals surface area contributed by atoms with Crippen LogP contribution >= 0.6 is 0 Å². The minimum absolute atomic E-state index is 0.131. The molecule has 6 nitrogen and oxygen atoms in total. The number of hydrogen-bond donors (Lipinski definition) is 0. The molecule has 3 aliphatic rings. The standard InChI is InChI=1S/C19H32N4O2/c1-6-16-20-19(18(25)23(16)9-13(2)3)8-7-14-10-22(11-15(14)19)12-17(24)21(4)5/h13-15H,6-12H2,1-5H3/t14-,15+,19-/m0/s1. The summed E-state index contributed by atoms with van der Waals surface area (Å²) >= 11 is 0. The van der Waals surface area contributed by atoms with E-state index in [4.69, 9.17) is 4.99 Å². The molecule has 25 heavy (non-hydrogen) atoms. The van der Waals surface area contributed by atoms with E-state index >= 15 is 0 Å². The summed E-state index contributed by atoms with van der Waals surface area (Å²) in [5.74, 6) is 2.48. The number of amides is 2. The molecule has 3 rings (SSSR count). The number of rotatable bonds is 5. The van der Waals surface area contributed by atoms with Crippen LogP contribution in [0.2, 0.25) is 0 Å². The third-order valence-corrected chi connectivity index (χ3v) is 6.00. The average molecular weight is 348 g/mol. The van der Waals surface area contributed by atoms with Gasteiger partial charge >= 0.3 is 0 Å². The third-order valence-electron chi connectivity index (χ3n) is 6.00. The average Bonchev–Trinajstić information content (AvgIpc) is 3.16. The molecule has 1 aliphatic carbocycles. The molecule has 0 radical (unpaired) electrons. The van der Waals surface area contributed by atoms with Crippen molar-refractivity contribution >= 4 is 17.6 Å². The van der Waals surface area contributed by atoms with Gasteiger partial charge in [0, 0.05) is 46.1 Å². The van der Waals surface area contributed by atoms with E-state index < -0.39 is 5.54 Å². The molecule has 3 atom stereocenters. The molecule has 2 amide bonds. The predicted molar refractivity (Wildman–Crippen MR) is 98.4 cm³/mol. The van der Waals surface area contributed by atoms with Crippen LogP contribution < -0.4 is 0 Å². The van der Waals surface area contributed by atoms with Crippen LogP contribution in [0, 0.1) is 17.8 Å². The molecule has 0 N–H and O–H groups in total. The van der Waals surface area contributed by atoms with Crippen LogP contribution in [-0.4, -0.2) is 78.2 Å². The number of likely N-dealkylation sites (N-methyl/N-ethyl adjacent to an activating group) is 1. The summed E-state index contributed by atoms with van der Waals surface area (Å²) in [6.07, 6.45) is 2.72. The van der Waals surface area contributed by atoms with Gasteiger partial charge in [0.15, 0.2) is 0 Å². The number of carbonyl (C=O) groups is 2. The van der Waals surface area contributed by atoms with Crippen molar-refractivity contribution in [1.29, 1.82) is 0 Å². The second-order valence-electron chi connectivity index (χ2n) is 8.50. The first-order valence-electron chi connectivity index (χ1n) is 9.61. The van der Waals surface area contributed by atoms with E-state index in [0.717, 1.165) is 44.7 Å². The largest absolute Gasteiger partial charge is 0.348 e. The summed E-state index contributed by atoms with van der Waals surface area (Å²) in [5, 5.41) is 0. The Balaban J connectivity index is 1.78. The topological polar surface area (TPSA) is 56.2 Å². The second-order valence-corrected chi connectivity index (χ2v) is 8.50. The summed E-state index contributed by atoms with van der Waals surface area (Å²) in [6.45, 7) is 9.31. The molecule has 140 valence electrons. The first-order chi connectivity index (χ1) is 11.8. The summed E-state index contributed by atoms with van der Waals surface area (Å²) in [7, 11) is 3.59. The maximum Gasteiger partial charge on any atom is 0.256 e. The highest BCUT2D eigenvalue weighted by Crippen LogP contribution is 2.50. The molecule has 2 fully saturated rings. The molecular formula is C19H32N4O2. The Morgan fingerprint density at radius 2 is 2.08 bits per heavy atom. The number of carbonyl (C=O) groups excluding carboxylic acids is 2. The fraction of sp³-hybridized carbons (Fsp3) is 0.842. The van der Waals surface area contributed by atoms with Crippen molar-refractivity contribution in [2.45, 2.75) is 45.6 Å². The van der Waals surface area contributed by atoms with E-state index in [1.54, 1.807) is 19.0 Å². The van der Waals surface area contributed by atoms with E-state index in [9.17, 15) is 9.59 Å². The van der Waals surface area contributed by atoms with Crippen molar-refractivity contribution in [2.24, 2.45) is 22.7 Å². The van der Waals surface area contributed by atoms with Crippen molar-refractivity contribution in [2.75, 3.05) is 40.3 Å². The normalized spacial score (nSPS) is 32.0. The highest BCUT2D eigenvalue weighted by Gasteiger charge is 2.60. The molecule has 6 heteroatoms. The number of fused-ring (bicyclic) bond motifs is 2. The van der Waals surface area contributed by atoms with Crippen molar-refractivity contribution in [1.82, 2.24) is 14.7 Å². The molecule has 0 aromatic heterocycles. The molecule has 2 heterocycles. The zero-order valence-electron chi connectivity index (χ0n) is 16.3. The van der Waals surface area contributed by atoms with Gasteiger partial charge in [-0.1, -0.05) is 20.8 Å². The van der Waals surface area contributed by atoms with Gasteiger partial charge in [-0.05, 0) is 24.7 Å². The van der Waals surface area contributed by atoms with E-state index in [1.807, 2.05) is 4.90 Å². The Hall–Kier alpha value is -1.43. The molecule has 0 unspecified atom stereocenters. The van der Waals surface area contributed by atoms with Crippen molar-refractivity contribution in [3.8, 4) is 0 Å². The van der Waals surface area contributed by atoms with Gasteiger partial charge in [-0.25, -0.2) is 0 Å². The zero-order valence-corrected chi connectivity index (χ0v) is 16.3. The Bertz CT molecular complexity index is 586. The first-order valence-corrected chi connectivity index (χ1v) is 9.61. The lowest BCUT2D eigenvalue weighted by Crippen LogP contribution is -2.48. The van der Waals surface area contributed by atoms with Crippen LogP contribution in [0.5, 0.6) is 0 Å². The van der Waals surface area contributed by atoms with Gasteiger partial charge in [-0.15, -0.1) is 0 Å². The molecule has 0 aromatic carbocycles. The number of nitrogens with zero attached hydrogens (tertiary/aromatic N) is 4. The Morgan fingerprint density at radius 3 is 2.68 bits per heavy atom. The third kappa shape index (κ3) is 3.09. The van der Waals surface area contributed by atoms with Gasteiger partial charge in [0.2, 0.25) is 5.91 Å². The SMILES string of the molecule is CCC1=N[C@]2(CC[C@H]3CN(CC(=O)N(C)C)C[C@H]32)C(=O)N1CC(C)C. The molecule has 1 saturated heterocycles. The van der Waals surface area contributed by atoms with E-state index in [2.05, 4.69) is 25.7 Å². The minimum Gasteiger partial charge on any atom is -0.348 e. The van der Waals surface area contributed by atoms with Gasteiger partial charge in [-0.3, -0.25) is 24.4 Å². The van der Waals surface area contributed by atoms with Gasteiger partial charge in [0.05, 0.1) is 6.54 Å². The van der Waals surface area contributed by atoms with Crippen LogP contribution in [0.3, 0.4) is 0 Å². The van der Waals surface area contributed by atoms with Gasteiger partial charge in [-0.2, -0.15) is 0 Å². The summed E-state index contributed by atoms with van der Waals surface area (Å²) in [6, 6.07) is 0. The Kier molecular flexibility index (Phi) is 4.93. The summed E-state index contributed by atoms with van der Waals surface area (Å²) in [4.78, 5) is 36.2. The first kappa shape index (κ1) is 18.4. The quantitative estimate of drug-likeness (QED) is 0.756. The number of amidine groups is 1. The molecule has 2 aliphatic heterocycles. The molecule has 1 spiro atoms. The zero-order chi connectivity index (χ0) is 18.4. The predicted octanol–water partition coefficient (Wildman–Crippen LogP) is 1.46. The van der Waals surface area contributed by atoms with Crippen molar-refractivity contribution in [3.05, 3.63) is 0 Å². The van der Waals surface area contributed by atoms with Gasteiger partial charge in [0.1, 0.15) is 11.4 Å². The highest BCUT2D eigenvalue weighted by atomic mass is 16.2. The lowest BCUT2D eigenvalue weighted by atomic mass is 9.85. The van der Waals surface area contributed by atoms with Crippen molar-refractivity contribution < 1.29 is 9.59 Å². The Morgan fingerprint density at radius 1 is 1.36 bits per heavy atom. The van der Waals surface area contributed by atoms with E-state index in [1.165, 1.54) is 0 Å². The number of aliphatic imine (C=N–C) groups is 1. The van der Waals surface area contributed by atoms with Crippen LogP contribution in [0.25, 0.3) is 0 Å². The maximum atomic E-state index is 13.3. The smallest absolute Gasteiger partial charge is 0.256 e.